The molecule has 0 aliphatic rings. The molecule has 2 rings (SSSR count). The largest absolute Gasteiger partial charge is 0.217 e. The van der Waals surface area contributed by atoms with Crippen LogP contribution in [0.3, 0.4) is 0 Å². The van der Waals surface area contributed by atoms with Crippen LogP contribution in [-0.2, 0) is 0 Å². The molecule has 1 aromatic carbocycles. The SMILES string of the molecule is Cc1nc(C)n(-c2cccc(Cl)c2C#N)n1. The number of hydrogen-bond acceptors (Lipinski definition) is 3. The Bertz CT molecular complexity index is 580. The van der Waals surface area contributed by atoms with Gasteiger partial charge >= 0.3 is 0 Å². The lowest BCUT2D eigenvalue weighted by atomic mass is 10.2. The Hall–Kier alpha value is -1.86. The summed E-state index contributed by atoms with van der Waals surface area (Å²) in [5.41, 5.74) is 1.07. The lowest BCUT2D eigenvalue weighted by molar-refractivity contribution is 0.829. The number of hydrogen-bond donors (Lipinski definition) is 0. The fourth-order valence-corrected chi connectivity index (χ4v) is 1.76. The van der Waals surface area contributed by atoms with E-state index >= 15 is 0 Å². The second kappa shape index (κ2) is 3.95. The molecule has 0 fully saturated rings. The Labute approximate surface area is 98.1 Å². The quantitative estimate of drug-likeness (QED) is 0.759. The highest BCUT2D eigenvalue weighted by Gasteiger charge is 2.11. The standard InChI is InChI=1S/C11H9ClN4/c1-7-14-8(2)16(15-7)11-5-3-4-10(12)9(11)6-13/h3-5H,1-2H3. The molecule has 1 heterocycles. The minimum atomic E-state index is 0.414. The lowest BCUT2D eigenvalue weighted by Gasteiger charge is -2.05. The van der Waals surface area contributed by atoms with Crippen molar-refractivity contribution in [3.8, 4) is 11.8 Å². The van der Waals surface area contributed by atoms with E-state index in [9.17, 15) is 0 Å². The van der Waals surface area contributed by atoms with Crippen LogP contribution in [0.4, 0.5) is 0 Å². The number of benzene rings is 1. The smallest absolute Gasteiger partial charge is 0.148 e. The van der Waals surface area contributed by atoms with Gasteiger partial charge in [-0.15, -0.1) is 0 Å². The van der Waals surface area contributed by atoms with E-state index in [-0.39, 0.29) is 0 Å². The zero-order chi connectivity index (χ0) is 11.7. The maximum absolute atomic E-state index is 9.06. The number of nitrogens with zero attached hydrogens (tertiary/aromatic N) is 4. The number of nitriles is 1. The molecule has 80 valence electrons. The van der Waals surface area contributed by atoms with Crippen LogP contribution in [0.5, 0.6) is 0 Å². The summed E-state index contributed by atoms with van der Waals surface area (Å²) < 4.78 is 1.62. The van der Waals surface area contributed by atoms with Crippen LogP contribution in [0.15, 0.2) is 18.2 Å². The second-order valence-electron chi connectivity index (χ2n) is 3.36. The highest BCUT2D eigenvalue weighted by molar-refractivity contribution is 6.32. The van der Waals surface area contributed by atoms with Crippen molar-refractivity contribution in [2.24, 2.45) is 0 Å². The van der Waals surface area contributed by atoms with Gasteiger partial charge in [-0.2, -0.15) is 10.4 Å². The molecule has 0 aliphatic carbocycles. The van der Waals surface area contributed by atoms with Gasteiger partial charge in [0.1, 0.15) is 17.7 Å². The molecule has 0 amide bonds. The third kappa shape index (κ3) is 1.66. The van der Waals surface area contributed by atoms with Gasteiger partial charge in [0.05, 0.1) is 16.3 Å². The molecule has 0 radical (unpaired) electrons. The van der Waals surface area contributed by atoms with Gasteiger partial charge in [-0.05, 0) is 26.0 Å². The first kappa shape index (κ1) is 10.7. The number of halogens is 1. The van der Waals surface area contributed by atoms with Crippen molar-refractivity contribution in [1.29, 1.82) is 5.26 Å². The predicted molar refractivity (Wildman–Crippen MR) is 60.6 cm³/mol. The van der Waals surface area contributed by atoms with Crippen molar-refractivity contribution in [2.45, 2.75) is 13.8 Å². The summed E-state index contributed by atoms with van der Waals surface area (Å²) in [7, 11) is 0. The van der Waals surface area contributed by atoms with E-state index in [1.165, 1.54) is 0 Å². The van der Waals surface area contributed by atoms with Gasteiger partial charge in [0.15, 0.2) is 0 Å². The summed E-state index contributed by atoms with van der Waals surface area (Å²) in [5.74, 6) is 1.40. The Balaban J connectivity index is 2.70. The summed E-state index contributed by atoms with van der Waals surface area (Å²) in [6.07, 6.45) is 0. The maximum Gasteiger partial charge on any atom is 0.148 e. The van der Waals surface area contributed by atoms with Crippen molar-refractivity contribution in [3.05, 3.63) is 40.4 Å². The molecular weight excluding hydrogens is 224 g/mol. The predicted octanol–water partition coefficient (Wildman–Crippen LogP) is 2.41. The van der Waals surface area contributed by atoms with E-state index < -0.39 is 0 Å². The van der Waals surface area contributed by atoms with Crippen molar-refractivity contribution < 1.29 is 0 Å². The van der Waals surface area contributed by atoms with Gasteiger partial charge in [0.2, 0.25) is 0 Å². The highest BCUT2D eigenvalue weighted by atomic mass is 35.5. The summed E-state index contributed by atoms with van der Waals surface area (Å²) in [6, 6.07) is 7.35. The molecule has 16 heavy (non-hydrogen) atoms. The number of aryl methyl sites for hydroxylation is 2. The Kier molecular flexibility index (Phi) is 2.63. The van der Waals surface area contributed by atoms with Crippen LogP contribution in [0, 0.1) is 25.2 Å². The molecule has 0 spiro atoms. The Morgan fingerprint density at radius 3 is 2.69 bits per heavy atom. The minimum absolute atomic E-state index is 0.414. The van der Waals surface area contributed by atoms with Crippen LogP contribution in [0.2, 0.25) is 5.02 Å². The summed E-state index contributed by atoms with van der Waals surface area (Å²) in [4.78, 5) is 4.19. The number of rotatable bonds is 1. The first-order valence-electron chi connectivity index (χ1n) is 4.72. The fourth-order valence-electron chi connectivity index (χ4n) is 1.55. The first-order valence-corrected chi connectivity index (χ1v) is 5.10. The van der Waals surface area contributed by atoms with Crippen molar-refractivity contribution in [1.82, 2.24) is 14.8 Å². The molecule has 5 heteroatoms. The molecule has 1 aromatic heterocycles. The Morgan fingerprint density at radius 2 is 2.12 bits per heavy atom. The molecule has 0 aliphatic heterocycles. The van der Waals surface area contributed by atoms with Crippen LogP contribution < -0.4 is 0 Å². The Morgan fingerprint density at radius 1 is 1.38 bits per heavy atom. The van der Waals surface area contributed by atoms with Crippen LogP contribution >= 0.6 is 11.6 Å². The highest BCUT2D eigenvalue weighted by Crippen LogP contribution is 2.22. The zero-order valence-electron chi connectivity index (χ0n) is 8.90. The molecular formula is C11H9ClN4. The van der Waals surface area contributed by atoms with E-state index in [4.69, 9.17) is 16.9 Å². The van der Waals surface area contributed by atoms with Crippen LogP contribution in [0.25, 0.3) is 5.69 Å². The topological polar surface area (TPSA) is 54.5 Å². The third-order valence-electron chi connectivity index (χ3n) is 2.21. The van der Waals surface area contributed by atoms with Gasteiger partial charge in [-0.1, -0.05) is 17.7 Å². The molecule has 0 saturated carbocycles. The molecule has 0 saturated heterocycles. The van der Waals surface area contributed by atoms with Crippen molar-refractivity contribution >= 4 is 11.6 Å². The van der Waals surface area contributed by atoms with Crippen LogP contribution in [-0.4, -0.2) is 14.8 Å². The van der Waals surface area contributed by atoms with Gasteiger partial charge < -0.3 is 0 Å². The van der Waals surface area contributed by atoms with Crippen molar-refractivity contribution in [2.75, 3.05) is 0 Å². The average molecular weight is 233 g/mol. The van der Waals surface area contributed by atoms with E-state index in [1.807, 2.05) is 6.92 Å². The van der Waals surface area contributed by atoms with Crippen molar-refractivity contribution in [3.63, 3.8) is 0 Å². The van der Waals surface area contributed by atoms with Gasteiger partial charge in [0, 0.05) is 0 Å². The van der Waals surface area contributed by atoms with E-state index in [0.29, 0.717) is 22.1 Å². The summed E-state index contributed by atoms with van der Waals surface area (Å²) in [5, 5.41) is 13.7. The molecule has 0 bridgehead atoms. The normalized spacial score (nSPS) is 10.1. The zero-order valence-corrected chi connectivity index (χ0v) is 9.65. The summed E-state index contributed by atoms with van der Waals surface area (Å²) in [6.45, 7) is 3.64. The van der Waals surface area contributed by atoms with Crippen LogP contribution in [0.1, 0.15) is 17.2 Å². The van der Waals surface area contributed by atoms with Gasteiger partial charge in [0.25, 0.3) is 0 Å². The van der Waals surface area contributed by atoms with Gasteiger partial charge in [-0.25, -0.2) is 9.67 Å². The van der Waals surface area contributed by atoms with E-state index in [1.54, 1.807) is 29.8 Å². The molecule has 0 atom stereocenters. The monoisotopic (exact) mass is 232 g/mol. The average Bonchev–Trinajstić information content (AvgIpc) is 2.57. The van der Waals surface area contributed by atoms with Gasteiger partial charge in [-0.3, -0.25) is 0 Å². The maximum atomic E-state index is 9.06. The first-order chi connectivity index (χ1) is 7.63. The lowest BCUT2D eigenvalue weighted by Crippen LogP contribution is -2.02. The fraction of sp³-hybridized carbons (Fsp3) is 0.182. The summed E-state index contributed by atoms with van der Waals surface area (Å²) >= 11 is 5.95. The number of aromatic nitrogens is 3. The second-order valence-corrected chi connectivity index (χ2v) is 3.77. The molecule has 2 aromatic rings. The minimum Gasteiger partial charge on any atom is -0.217 e. The molecule has 0 N–H and O–H groups in total. The van der Waals surface area contributed by atoms with E-state index in [2.05, 4.69) is 16.2 Å². The van der Waals surface area contributed by atoms with E-state index in [0.717, 1.165) is 5.82 Å². The molecule has 4 nitrogen and oxygen atoms in total. The third-order valence-corrected chi connectivity index (χ3v) is 2.52. The molecule has 0 unspecified atom stereocenters.